The maximum Gasteiger partial charge on any atom is 0.307 e. The molecule has 0 radical (unpaired) electrons. The summed E-state index contributed by atoms with van der Waals surface area (Å²) in [7, 11) is 0. The third kappa shape index (κ3) is 9.01. The van der Waals surface area contributed by atoms with Crippen LogP contribution in [0.4, 0.5) is 11.4 Å². The Balaban J connectivity index is 0.978. The first-order valence-corrected chi connectivity index (χ1v) is 20.9. The summed E-state index contributed by atoms with van der Waals surface area (Å²) in [6.07, 6.45) is -0.146. The van der Waals surface area contributed by atoms with Gasteiger partial charge in [0.1, 0.15) is 24.1 Å². The summed E-state index contributed by atoms with van der Waals surface area (Å²) >= 11 is 18.4. The molecule has 6 aromatic carbocycles. The van der Waals surface area contributed by atoms with Crippen molar-refractivity contribution >= 4 is 86.6 Å². The number of aromatic amines is 1. The van der Waals surface area contributed by atoms with Gasteiger partial charge in [0, 0.05) is 38.1 Å². The van der Waals surface area contributed by atoms with Gasteiger partial charge in [0.2, 0.25) is 11.8 Å². The molecule has 2 amide bonds. The number of carboxylic acids is 1. The summed E-state index contributed by atoms with van der Waals surface area (Å²) in [4.78, 5) is 46.0. The van der Waals surface area contributed by atoms with E-state index in [1.807, 2.05) is 97.1 Å². The van der Waals surface area contributed by atoms with Gasteiger partial charge in [-0.1, -0.05) is 99.4 Å². The Hall–Kier alpha value is -7.53. The van der Waals surface area contributed by atoms with Gasteiger partial charge in [0.25, 0.3) is 4.84 Å². The van der Waals surface area contributed by atoms with Crippen LogP contribution in [0.3, 0.4) is 0 Å². The molecule has 0 atom stereocenters. The molecule has 3 heterocycles. The number of aliphatic carboxylic acids is 1. The lowest BCUT2D eigenvalue weighted by atomic mass is 10.0. The van der Waals surface area contributed by atoms with Gasteiger partial charge in [-0.05, 0) is 102 Å². The first kappa shape index (κ1) is 41.8. The minimum Gasteiger partial charge on any atom is -0.481 e. The number of hydrogen-bond acceptors (Lipinski definition) is 10. The van der Waals surface area contributed by atoms with E-state index in [-0.39, 0.29) is 49.3 Å². The zero-order valence-electron chi connectivity index (χ0n) is 33.5. The number of fused-ring (bicyclic) bond motifs is 2. The molecule has 0 saturated carbocycles. The Morgan fingerprint density at radius 2 is 1.30 bits per heavy atom. The van der Waals surface area contributed by atoms with Gasteiger partial charge < -0.3 is 19.4 Å². The van der Waals surface area contributed by atoms with Crippen molar-refractivity contribution < 1.29 is 24.0 Å². The van der Waals surface area contributed by atoms with Crippen LogP contribution in [0.5, 0.6) is 0 Å². The topological polar surface area (TPSA) is 181 Å². The Bertz CT molecular complexity index is 3260. The number of rotatable bonds is 14. The van der Waals surface area contributed by atoms with Crippen LogP contribution < -0.4 is 9.80 Å². The van der Waals surface area contributed by atoms with Gasteiger partial charge in [-0.15, -0.1) is 10.2 Å². The molecule has 64 heavy (non-hydrogen) atoms. The Labute approximate surface area is 379 Å². The second-order valence-corrected chi connectivity index (χ2v) is 16.0. The van der Waals surface area contributed by atoms with Crippen LogP contribution >= 0.6 is 35.4 Å². The average molecular weight is 910 g/mol. The van der Waals surface area contributed by atoms with Crippen LogP contribution in [0.25, 0.3) is 44.6 Å². The van der Waals surface area contributed by atoms with Gasteiger partial charge in [-0.25, -0.2) is 9.36 Å². The van der Waals surface area contributed by atoms with E-state index in [0.29, 0.717) is 66.0 Å². The molecule has 3 aromatic heterocycles. The number of anilines is 2. The molecule has 0 saturated heterocycles. The summed E-state index contributed by atoms with van der Waals surface area (Å²) in [6, 6.07) is 39.9. The highest BCUT2D eigenvalue weighted by Gasteiger charge is 2.23. The molecule has 2 N–H and O–H groups in total. The first-order chi connectivity index (χ1) is 31.1. The Morgan fingerprint density at radius 1 is 0.672 bits per heavy atom. The zero-order valence-corrected chi connectivity index (χ0v) is 35.8. The van der Waals surface area contributed by atoms with E-state index in [4.69, 9.17) is 39.9 Å². The monoisotopic (exact) mass is 908 g/mol. The highest BCUT2D eigenvalue weighted by atomic mass is 35.5. The van der Waals surface area contributed by atoms with Crippen molar-refractivity contribution in [3.05, 3.63) is 165 Å². The van der Waals surface area contributed by atoms with E-state index in [9.17, 15) is 19.5 Å². The van der Waals surface area contributed by atoms with Gasteiger partial charge >= 0.3 is 5.97 Å². The maximum absolute atomic E-state index is 14.3. The molecule has 9 aromatic rings. The van der Waals surface area contributed by atoms with Gasteiger partial charge in [-0.3, -0.25) is 19.4 Å². The molecule has 0 aliphatic carbocycles. The van der Waals surface area contributed by atoms with E-state index >= 15 is 0 Å². The van der Waals surface area contributed by atoms with Crippen LogP contribution in [0, 0.1) is 4.84 Å². The molecule has 0 bridgehead atoms. The van der Waals surface area contributed by atoms with E-state index in [0.717, 1.165) is 16.7 Å². The normalized spacial score (nSPS) is 11.3. The third-order valence-corrected chi connectivity index (χ3v) is 11.3. The van der Waals surface area contributed by atoms with Gasteiger partial charge in [-0.2, -0.15) is 0 Å². The number of carbonyl (C=O) groups is 3. The number of nitrogens with one attached hydrogen (secondary N) is 1. The second kappa shape index (κ2) is 18.1. The van der Waals surface area contributed by atoms with Crippen molar-refractivity contribution in [2.24, 2.45) is 0 Å². The smallest absolute Gasteiger partial charge is 0.307 e. The van der Waals surface area contributed by atoms with Crippen LogP contribution in [-0.2, 0) is 47.0 Å². The van der Waals surface area contributed by atoms with Crippen LogP contribution in [0.2, 0.25) is 10.0 Å². The fraction of sp³-hybridized carbons (Fsp3) is 0.109. The minimum atomic E-state index is -0.953. The molecule has 0 aliphatic heterocycles. The lowest BCUT2D eigenvalue weighted by Crippen LogP contribution is -2.33. The predicted molar refractivity (Wildman–Crippen MR) is 244 cm³/mol. The second-order valence-electron chi connectivity index (χ2n) is 14.8. The summed E-state index contributed by atoms with van der Waals surface area (Å²) in [5, 5.41) is 31.6. The number of nitrogens with zero attached hydrogens (tertiary/aromatic N) is 9. The van der Waals surface area contributed by atoms with E-state index in [2.05, 4.69) is 30.8 Å². The van der Waals surface area contributed by atoms with Crippen molar-refractivity contribution in [1.29, 1.82) is 0 Å². The maximum atomic E-state index is 14.3. The number of carbonyl (C=O) groups excluding carboxylic acids is 2. The Morgan fingerprint density at radius 3 is 1.97 bits per heavy atom. The third-order valence-electron chi connectivity index (χ3n) is 10.5. The molecule has 0 fully saturated rings. The largest absolute Gasteiger partial charge is 0.481 e. The number of aromatic nitrogens is 8. The lowest BCUT2D eigenvalue weighted by molar-refractivity contribution is -0.136. The van der Waals surface area contributed by atoms with Gasteiger partial charge in [0.15, 0.2) is 5.82 Å². The number of amides is 2. The van der Waals surface area contributed by atoms with Crippen LogP contribution in [-0.4, -0.2) is 63.0 Å². The number of benzene rings is 6. The summed E-state index contributed by atoms with van der Waals surface area (Å²) in [5.41, 5.74) is 8.01. The first-order valence-electron chi connectivity index (χ1n) is 19.8. The molecule has 15 nitrogen and oxygen atoms in total. The number of hydrogen-bond donors (Lipinski definition) is 2. The molecule has 18 heteroatoms. The number of H-pyrrole nitrogens is 1. The fourth-order valence-corrected chi connectivity index (χ4v) is 8.08. The van der Waals surface area contributed by atoms with Crippen molar-refractivity contribution in [3.63, 3.8) is 0 Å². The highest BCUT2D eigenvalue weighted by molar-refractivity contribution is 7.71. The molecule has 0 aliphatic rings. The van der Waals surface area contributed by atoms with Gasteiger partial charge in [0.05, 0.1) is 30.5 Å². The molecule has 9 rings (SSSR count). The number of carboxylic acid groups (broad SMARTS) is 1. The van der Waals surface area contributed by atoms with Crippen molar-refractivity contribution in [1.82, 2.24) is 40.1 Å². The van der Waals surface area contributed by atoms with Crippen molar-refractivity contribution in [2.75, 3.05) is 9.80 Å². The average Bonchev–Trinajstić information content (AvgIpc) is 4.04. The SMILES string of the molecule is O=C(O)Cc1ccc(N(Cc2ccc(-c3cccc4c3nnn4CC(=O)N(Cc3cccc(Cl)c3)c3ccc(-c4noc(=S)[nH]4)cc3)c(Cl)c2)C(=O)Cn2nnc3ccccc32)cc1. The number of halogens is 2. The number of para-hydroxylation sites is 1. The quantitative estimate of drug-likeness (QED) is 0.0995. The summed E-state index contributed by atoms with van der Waals surface area (Å²) < 4.78 is 8.12. The lowest BCUT2D eigenvalue weighted by Gasteiger charge is -2.24. The van der Waals surface area contributed by atoms with Crippen molar-refractivity contribution in [2.45, 2.75) is 32.6 Å². The van der Waals surface area contributed by atoms with E-state index in [1.165, 1.54) is 0 Å². The molecule has 0 spiro atoms. The molecule has 318 valence electrons. The molecule has 0 unspecified atom stereocenters. The zero-order chi connectivity index (χ0) is 44.3. The molecular formula is C46H34Cl2N10O5S. The minimum absolute atomic E-state index is 0.0900. The van der Waals surface area contributed by atoms with Crippen molar-refractivity contribution in [3.8, 4) is 22.5 Å². The standard InChI is InChI=1S/C46H34Cl2N10O5S/c47-32-6-3-5-29(21-32)24-55(34-18-14-31(15-19-34)45-49-46(64)63-52-45)42(60)27-58-40-10-4-7-36(44(40)51-54-58)35-20-13-30(22-37(35)48)25-56(33-16-11-28(12-17-33)23-43(61)62)41(59)26-57-39-9-2-1-8-38(39)50-53-57/h1-22H,23-27H2,(H,61,62)(H,49,52,64). The highest BCUT2D eigenvalue weighted by Crippen LogP contribution is 2.34. The van der Waals surface area contributed by atoms with E-state index < -0.39 is 5.97 Å². The van der Waals surface area contributed by atoms with Crippen LogP contribution in [0.1, 0.15) is 16.7 Å². The van der Waals surface area contributed by atoms with E-state index in [1.54, 1.807) is 55.6 Å². The Kier molecular flexibility index (Phi) is 11.8. The molecular weight excluding hydrogens is 876 g/mol. The predicted octanol–water partition coefficient (Wildman–Crippen LogP) is 8.96. The summed E-state index contributed by atoms with van der Waals surface area (Å²) in [6.45, 7) is 0.167. The summed E-state index contributed by atoms with van der Waals surface area (Å²) in [5.74, 6) is -1.00. The fourth-order valence-electron chi connectivity index (χ4n) is 7.43. The van der Waals surface area contributed by atoms with Crippen LogP contribution in [0.15, 0.2) is 138 Å².